The van der Waals surface area contributed by atoms with Crippen molar-refractivity contribution in [1.29, 1.82) is 5.26 Å². The van der Waals surface area contributed by atoms with Crippen LogP contribution in [0.15, 0.2) is 23.1 Å². The maximum atomic E-state index is 8.62. The van der Waals surface area contributed by atoms with E-state index in [0.29, 0.717) is 11.3 Å². The number of hydrogen-bond acceptors (Lipinski definition) is 3. The van der Waals surface area contributed by atoms with Crippen LogP contribution >= 0.6 is 11.8 Å². The molecule has 2 nitrogen and oxygen atoms in total. The first-order valence-electron chi connectivity index (χ1n) is 4.20. The SMILES string of the molecule is CCCSc1ccc(C#N)cc1N. The zero-order chi connectivity index (χ0) is 9.68. The fourth-order valence-corrected chi connectivity index (χ4v) is 1.78. The highest BCUT2D eigenvalue weighted by atomic mass is 32.2. The van der Waals surface area contributed by atoms with Gasteiger partial charge in [0.05, 0.1) is 11.6 Å². The molecule has 0 saturated carbocycles. The Labute approximate surface area is 82.7 Å². The summed E-state index contributed by atoms with van der Waals surface area (Å²) in [5, 5.41) is 8.62. The lowest BCUT2D eigenvalue weighted by Gasteiger charge is -2.03. The van der Waals surface area contributed by atoms with Crippen LogP contribution < -0.4 is 5.73 Å². The van der Waals surface area contributed by atoms with Gasteiger partial charge in [-0.3, -0.25) is 0 Å². The number of thioether (sulfide) groups is 1. The minimum Gasteiger partial charge on any atom is -0.398 e. The van der Waals surface area contributed by atoms with E-state index in [0.717, 1.165) is 17.1 Å². The van der Waals surface area contributed by atoms with Crippen molar-refractivity contribution >= 4 is 17.4 Å². The molecule has 0 aromatic heterocycles. The van der Waals surface area contributed by atoms with E-state index >= 15 is 0 Å². The summed E-state index contributed by atoms with van der Waals surface area (Å²) in [6.07, 6.45) is 1.13. The molecule has 0 heterocycles. The Morgan fingerprint density at radius 2 is 2.31 bits per heavy atom. The summed E-state index contributed by atoms with van der Waals surface area (Å²) in [6, 6.07) is 7.49. The normalized spacial score (nSPS) is 9.54. The maximum absolute atomic E-state index is 8.62. The van der Waals surface area contributed by atoms with Gasteiger partial charge in [-0.2, -0.15) is 5.26 Å². The van der Waals surface area contributed by atoms with E-state index in [2.05, 4.69) is 13.0 Å². The molecule has 2 N–H and O–H groups in total. The van der Waals surface area contributed by atoms with Gasteiger partial charge in [0.2, 0.25) is 0 Å². The van der Waals surface area contributed by atoms with E-state index in [1.165, 1.54) is 0 Å². The van der Waals surface area contributed by atoms with Crippen molar-refractivity contribution < 1.29 is 0 Å². The smallest absolute Gasteiger partial charge is 0.0992 e. The van der Waals surface area contributed by atoms with Crippen LogP contribution in [0.2, 0.25) is 0 Å². The molecule has 0 aliphatic rings. The Hall–Kier alpha value is -1.14. The van der Waals surface area contributed by atoms with Gasteiger partial charge in [0, 0.05) is 10.6 Å². The van der Waals surface area contributed by atoms with E-state index in [4.69, 9.17) is 11.0 Å². The Morgan fingerprint density at radius 1 is 1.54 bits per heavy atom. The van der Waals surface area contributed by atoms with Crippen LogP contribution in [0.3, 0.4) is 0 Å². The Balaban J connectivity index is 2.81. The molecule has 0 atom stereocenters. The predicted molar refractivity (Wildman–Crippen MR) is 56.6 cm³/mol. The second kappa shape index (κ2) is 4.78. The van der Waals surface area contributed by atoms with Gasteiger partial charge in [-0.15, -0.1) is 11.8 Å². The topological polar surface area (TPSA) is 49.8 Å². The first-order chi connectivity index (χ1) is 6.27. The van der Waals surface area contributed by atoms with Crippen molar-refractivity contribution in [3.8, 4) is 6.07 Å². The highest BCUT2D eigenvalue weighted by Crippen LogP contribution is 2.25. The van der Waals surface area contributed by atoms with Gasteiger partial charge in [-0.25, -0.2) is 0 Å². The van der Waals surface area contributed by atoms with Crippen LogP contribution in [0, 0.1) is 11.3 Å². The van der Waals surface area contributed by atoms with Gasteiger partial charge < -0.3 is 5.73 Å². The van der Waals surface area contributed by atoms with E-state index in [-0.39, 0.29) is 0 Å². The third kappa shape index (κ3) is 2.67. The van der Waals surface area contributed by atoms with E-state index in [1.54, 1.807) is 23.9 Å². The molecule has 0 saturated heterocycles. The molecule has 3 heteroatoms. The van der Waals surface area contributed by atoms with Crippen molar-refractivity contribution in [3.63, 3.8) is 0 Å². The van der Waals surface area contributed by atoms with E-state index in [9.17, 15) is 0 Å². The standard InChI is InChI=1S/C10H12N2S/c1-2-5-13-10-4-3-8(7-11)6-9(10)12/h3-4,6H,2,5,12H2,1H3. The van der Waals surface area contributed by atoms with Gasteiger partial charge >= 0.3 is 0 Å². The molecule has 0 radical (unpaired) electrons. The van der Waals surface area contributed by atoms with E-state index in [1.807, 2.05) is 6.07 Å². The summed E-state index contributed by atoms with van der Waals surface area (Å²) in [5.74, 6) is 1.07. The summed E-state index contributed by atoms with van der Waals surface area (Å²) < 4.78 is 0. The molecule has 0 spiro atoms. The van der Waals surface area contributed by atoms with Crippen molar-refractivity contribution in [2.24, 2.45) is 0 Å². The van der Waals surface area contributed by atoms with E-state index < -0.39 is 0 Å². The third-order valence-electron chi connectivity index (χ3n) is 1.60. The quantitative estimate of drug-likeness (QED) is 0.591. The summed E-state index contributed by atoms with van der Waals surface area (Å²) >= 11 is 1.73. The third-order valence-corrected chi connectivity index (χ3v) is 2.90. The Morgan fingerprint density at radius 3 is 2.85 bits per heavy atom. The molecule has 0 aliphatic heterocycles. The molecule has 1 rings (SSSR count). The number of nitrogen functional groups attached to an aromatic ring is 1. The zero-order valence-electron chi connectivity index (χ0n) is 7.58. The van der Waals surface area contributed by atoms with Crippen molar-refractivity contribution in [3.05, 3.63) is 23.8 Å². The number of nitriles is 1. The molecule has 0 bridgehead atoms. The Kier molecular flexibility index (Phi) is 3.66. The lowest BCUT2D eigenvalue weighted by molar-refractivity contribution is 1.10. The molecule has 1 aromatic rings. The van der Waals surface area contributed by atoms with Gasteiger partial charge in [0.15, 0.2) is 0 Å². The summed E-state index contributed by atoms with van der Waals surface area (Å²) in [5.41, 5.74) is 7.10. The van der Waals surface area contributed by atoms with Crippen LogP contribution in [0.25, 0.3) is 0 Å². The lowest BCUT2D eigenvalue weighted by Crippen LogP contribution is -1.90. The van der Waals surface area contributed by atoms with Crippen LogP contribution in [0.4, 0.5) is 5.69 Å². The number of anilines is 1. The molecule has 0 fully saturated rings. The molecular weight excluding hydrogens is 180 g/mol. The van der Waals surface area contributed by atoms with Gasteiger partial charge in [-0.1, -0.05) is 6.92 Å². The molecule has 0 amide bonds. The highest BCUT2D eigenvalue weighted by Gasteiger charge is 2.00. The van der Waals surface area contributed by atoms with Gasteiger partial charge in [0.1, 0.15) is 0 Å². The Bertz CT molecular complexity index is 328. The second-order valence-electron chi connectivity index (χ2n) is 2.71. The van der Waals surface area contributed by atoms with Crippen molar-refractivity contribution in [2.45, 2.75) is 18.2 Å². The average Bonchev–Trinajstić information content (AvgIpc) is 2.16. The fraction of sp³-hybridized carbons (Fsp3) is 0.300. The number of hydrogen-bond donors (Lipinski definition) is 1. The van der Waals surface area contributed by atoms with Crippen LogP contribution in [0.5, 0.6) is 0 Å². The minimum atomic E-state index is 0.623. The average molecular weight is 192 g/mol. The molecule has 68 valence electrons. The maximum Gasteiger partial charge on any atom is 0.0992 e. The second-order valence-corrected chi connectivity index (χ2v) is 3.85. The lowest BCUT2D eigenvalue weighted by atomic mass is 10.2. The monoisotopic (exact) mass is 192 g/mol. The molecule has 1 aromatic carbocycles. The van der Waals surface area contributed by atoms with Crippen LogP contribution in [-0.2, 0) is 0 Å². The largest absolute Gasteiger partial charge is 0.398 e. The molecule has 13 heavy (non-hydrogen) atoms. The number of rotatable bonds is 3. The predicted octanol–water partition coefficient (Wildman–Crippen LogP) is 2.64. The number of benzene rings is 1. The summed E-state index contributed by atoms with van der Waals surface area (Å²) in [7, 11) is 0. The number of nitrogens with zero attached hydrogens (tertiary/aromatic N) is 1. The van der Waals surface area contributed by atoms with Gasteiger partial charge in [0.25, 0.3) is 0 Å². The molecule has 0 aliphatic carbocycles. The summed E-state index contributed by atoms with van der Waals surface area (Å²) in [4.78, 5) is 1.07. The van der Waals surface area contributed by atoms with Crippen LogP contribution in [-0.4, -0.2) is 5.75 Å². The number of nitrogens with two attached hydrogens (primary N) is 1. The molecular formula is C10H12N2S. The summed E-state index contributed by atoms with van der Waals surface area (Å²) in [6.45, 7) is 2.13. The zero-order valence-corrected chi connectivity index (χ0v) is 8.40. The fourth-order valence-electron chi connectivity index (χ4n) is 0.961. The minimum absolute atomic E-state index is 0.623. The molecule has 0 unspecified atom stereocenters. The van der Waals surface area contributed by atoms with Crippen LogP contribution in [0.1, 0.15) is 18.9 Å². The first kappa shape index (κ1) is 9.94. The highest BCUT2D eigenvalue weighted by molar-refractivity contribution is 7.99. The van der Waals surface area contributed by atoms with Crippen molar-refractivity contribution in [2.75, 3.05) is 11.5 Å². The van der Waals surface area contributed by atoms with Gasteiger partial charge in [-0.05, 0) is 30.4 Å². The van der Waals surface area contributed by atoms with Crippen molar-refractivity contribution in [1.82, 2.24) is 0 Å². The first-order valence-corrected chi connectivity index (χ1v) is 5.19.